The van der Waals surface area contributed by atoms with Crippen LogP contribution in [0.4, 0.5) is 0 Å². The number of hydrogen-bond acceptors (Lipinski definition) is 4. The van der Waals surface area contributed by atoms with Crippen LogP contribution < -0.4 is 14.8 Å². The summed E-state index contributed by atoms with van der Waals surface area (Å²) in [6.45, 7) is 6.92. The Bertz CT molecular complexity index is 562. The van der Waals surface area contributed by atoms with Crippen molar-refractivity contribution in [2.75, 3.05) is 32.8 Å². The largest absolute Gasteiger partial charge is 0.490 e. The van der Waals surface area contributed by atoms with Crippen LogP contribution in [0.1, 0.15) is 38.2 Å². The van der Waals surface area contributed by atoms with Gasteiger partial charge in [0.1, 0.15) is 0 Å². The zero-order valence-electron chi connectivity index (χ0n) is 14.6. The van der Waals surface area contributed by atoms with Crippen molar-refractivity contribution in [2.45, 2.75) is 39.2 Å². The first kappa shape index (κ1) is 17.1. The first-order valence-electron chi connectivity index (χ1n) is 9.09. The van der Waals surface area contributed by atoms with E-state index >= 15 is 0 Å². The Morgan fingerprint density at radius 2 is 2.08 bits per heavy atom. The average molecular weight is 332 g/mol. The number of amides is 1. The number of benzene rings is 1. The minimum absolute atomic E-state index is 0.271. The summed E-state index contributed by atoms with van der Waals surface area (Å²) in [4.78, 5) is 14.3. The minimum Gasteiger partial charge on any atom is -0.490 e. The number of rotatable bonds is 5. The van der Waals surface area contributed by atoms with Crippen molar-refractivity contribution in [3.05, 3.63) is 23.8 Å². The molecule has 5 heteroatoms. The highest BCUT2D eigenvalue weighted by Crippen LogP contribution is 2.30. The Kier molecular flexibility index (Phi) is 5.96. The van der Waals surface area contributed by atoms with E-state index in [1.807, 2.05) is 17.0 Å². The molecule has 24 heavy (non-hydrogen) atoms. The summed E-state index contributed by atoms with van der Waals surface area (Å²) in [5.41, 5.74) is 1.15. The van der Waals surface area contributed by atoms with E-state index in [0.717, 1.165) is 49.5 Å². The summed E-state index contributed by atoms with van der Waals surface area (Å²) >= 11 is 0. The van der Waals surface area contributed by atoms with E-state index < -0.39 is 0 Å². The van der Waals surface area contributed by atoms with E-state index in [-0.39, 0.29) is 5.91 Å². The zero-order chi connectivity index (χ0) is 16.8. The van der Waals surface area contributed by atoms with Gasteiger partial charge in [0, 0.05) is 39.0 Å². The molecule has 0 unspecified atom stereocenters. The molecular formula is C19H28N2O3. The molecule has 1 amide bonds. The van der Waals surface area contributed by atoms with Crippen molar-refractivity contribution in [3.8, 4) is 11.5 Å². The van der Waals surface area contributed by atoms with E-state index in [9.17, 15) is 4.79 Å². The fourth-order valence-electron chi connectivity index (χ4n) is 3.32. The van der Waals surface area contributed by atoms with Crippen molar-refractivity contribution in [3.63, 3.8) is 0 Å². The molecule has 1 saturated heterocycles. The van der Waals surface area contributed by atoms with Crippen LogP contribution in [0.5, 0.6) is 11.5 Å². The molecule has 2 heterocycles. The van der Waals surface area contributed by atoms with Gasteiger partial charge in [0.05, 0.1) is 13.2 Å². The first-order chi connectivity index (χ1) is 11.7. The first-order valence-corrected chi connectivity index (χ1v) is 9.09. The minimum atomic E-state index is 0.271. The third-order valence-electron chi connectivity index (χ3n) is 4.67. The van der Waals surface area contributed by atoms with Gasteiger partial charge in [-0.1, -0.05) is 13.0 Å². The van der Waals surface area contributed by atoms with Gasteiger partial charge in [-0.15, -0.1) is 0 Å². The fraction of sp³-hybridized carbons (Fsp3) is 0.632. The second-order valence-electron chi connectivity index (χ2n) is 6.85. The maximum Gasteiger partial charge on any atom is 0.223 e. The predicted molar refractivity (Wildman–Crippen MR) is 93.4 cm³/mol. The third-order valence-corrected chi connectivity index (χ3v) is 4.67. The van der Waals surface area contributed by atoms with Crippen molar-refractivity contribution < 1.29 is 14.3 Å². The molecule has 1 aromatic carbocycles. The van der Waals surface area contributed by atoms with Crippen LogP contribution in [-0.4, -0.2) is 43.7 Å². The third kappa shape index (κ3) is 4.63. The van der Waals surface area contributed by atoms with Crippen LogP contribution in [-0.2, 0) is 11.3 Å². The van der Waals surface area contributed by atoms with E-state index in [0.29, 0.717) is 32.1 Å². The van der Waals surface area contributed by atoms with Crippen LogP contribution in [0, 0.1) is 5.92 Å². The zero-order valence-corrected chi connectivity index (χ0v) is 14.6. The van der Waals surface area contributed by atoms with Crippen molar-refractivity contribution in [1.82, 2.24) is 10.2 Å². The Balaban J connectivity index is 1.41. The number of piperidine rings is 1. The topological polar surface area (TPSA) is 50.8 Å². The number of fused-ring (bicyclic) bond motifs is 1. The number of ether oxygens (including phenoxy) is 2. The lowest BCUT2D eigenvalue weighted by atomic mass is 10.00. The number of carbonyl (C=O) groups excluding carboxylic acids is 1. The molecule has 1 atom stereocenters. The standard InChI is InChI=1S/C19H28N2O3/c1-15-4-2-9-21(14-15)19(22)7-8-20-13-16-5-6-17-18(12-16)24-11-3-10-23-17/h5-6,12,15,20H,2-4,7-11,13-14H2,1H3/t15-/m1/s1. The molecule has 5 nitrogen and oxygen atoms in total. The molecule has 3 rings (SSSR count). The lowest BCUT2D eigenvalue weighted by molar-refractivity contribution is -0.132. The highest BCUT2D eigenvalue weighted by atomic mass is 16.5. The molecule has 1 N–H and O–H groups in total. The summed E-state index contributed by atoms with van der Waals surface area (Å²) in [7, 11) is 0. The van der Waals surface area contributed by atoms with Crippen LogP contribution in [0.25, 0.3) is 0 Å². The molecule has 1 fully saturated rings. The Morgan fingerprint density at radius 1 is 1.25 bits per heavy atom. The van der Waals surface area contributed by atoms with Crippen LogP contribution >= 0.6 is 0 Å². The number of likely N-dealkylation sites (tertiary alicyclic amines) is 1. The van der Waals surface area contributed by atoms with Crippen molar-refractivity contribution >= 4 is 5.91 Å². The Labute approximate surface area is 144 Å². The average Bonchev–Trinajstić information content (AvgIpc) is 2.83. The summed E-state index contributed by atoms with van der Waals surface area (Å²) < 4.78 is 11.4. The summed E-state index contributed by atoms with van der Waals surface area (Å²) in [6, 6.07) is 6.05. The van der Waals surface area contributed by atoms with Gasteiger partial charge >= 0.3 is 0 Å². The van der Waals surface area contributed by atoms with E-state index in [1.165, 1.54) is 6.42 Å². The van der Waals surface area contributed by atoms with Gasteiger partial charge in [-0.3, -0.25) is 4.79 Å². The van der Waals surface area contributed by atoms with Crippen molar-refractivity contribution in [1.29, 1.82) is 0 Å². The normalized spacial score (nSPS) is 20.5. The van der Waals surface area contributed by atoms with Gasteiger partial charge in [-0.2, -0.15) is 0 Å². The monoisotopic (exact) mass is 332 g/mol. The second-order valence-corrected chi connectivity index (χ2v) is 6.85. The molecule has 0 bridgehead atoms. The molecule has 0 saturated carbocycles. The van der Waals surface area contributed by atoms with Gasteiger partial charge in [0.25, 0.3) is 0 Å². The number of hydrogen-bond donors (Lipinski definition) is 1. The van der Waals surface area contributed by atoms with Crippen LogP contribution in [0.2, 0.25) is 0 Å². The highest BCUT2D eigenvalue weighted by Gasteiger charge is 2.20. The number of nitrogens with one attached hydrogen (secondary N) is 1. The van der Waals surface area contributed by atoms with E-state index in [1.54, 1.807) is 0 Å². The summed E-state index contributed by atoms with van der Waals surface area (Å²) in [5, 5.41) is 3.36. The molecule has 132 valence electrons. The fourth-order valence-corrected chi connectivity index (χ4v) is 3.32. The predicted octanol–water partition coefficient (Wildman–Crippen LogP) is 2.59. The Hall–Kier alpha value is -1.75. The van der Waals surface area contributed by atoms with Crippen LogP contribution in [0.3, 0.4) is 0 Å². The van der Waals surface area contributed by atoms with Crippen LogP contribution in [0.15, 0.2) is 18.2 Å². The van der Waals surface area contributed by atoms with E-state index in [2.05, 4.69) is 18.3 Å². The summed E-state index contributed by atoms with van der Waals surface area (Å²) in [6.07, 6.45) is 3.86. The molecule has 0 aromatic heterocycles. The lowest BCUT2D eigenvalue weighted by Crippen LogP contribution is -2.40. The smallest absolute Gasteiger partial charge is 0.223 e. The SMILES string of the molecule is C[C@@H]1CCCN(C(=O)CCNCc2ccc3c(c2)OCCCO3)C1. The second kappa shape index (κ2) is 8.38. The maximum absolute atomic E-state index is 12.2. The van der Waals surface area contributed by atoms with Gasteiger partial charge in [0.2, 0.25) is 5.91 Å². The molecule has 1 aromatic rings. The van der Waals surface area contributed by atoms with E-state index in [4.69, 9.17) is 9.47 Å². The molecular weight excluding hydrogens is 304 g/mol. The maximum atomic E-state index is 12.2. The van der Waals surface area contributed by atoms with Gasteiger partial charge in [-0.05, 0) is 36.5 Å². The molecule has 2 aliphatic rings. The lowest BCUT2D eigenvalue weighted by Gasteiger charge is -2.31. The van der Waals surface area contributed by atoms with Gasteiger partial charge < -0.3 is 19.7 Å². The molecule has 0 radical (unpaired) electrons. The molecule has 0 spiro atoms. The number of nitrogens with zero attached hydrogens (tertiary/aromatic N) is 1. The van der Waals surface area contributed by atoms with Gasteiger partial charge in [-0.25, -0.2) is 0 Å². The highest BCUT2D eigenvalue weighted by molar-refractivity contribution is 5.76. The van der Waals surface area contributed by atoms with Crippen molar-refractivity contribution in [2.24, 2.45) is 5.92 Å². The molecule has 0 aliphatic carbocycles. The number of carbonyl (C=O) groups is 1. The summed E-state index contributed by atoms with van der Waals surface area (Å²) in [5.74, 6) is 2.56. The quantitative estimate of drug-likeness (QED) is 0.842. The Morgan fingerprint density at radius 3 is 2.92 bits per heavy atom. The molecule has 2 aliphatic heterocycles. The van der Waals surface area contributed by atoms with Gasteiger partial charge in [0.15, 0.2) is 11.5 Å².